The van der Waals surface area contributed by atoms with E-state index in [1.807, 2.05) is 13.8 Å². The number of rotatable bonds is 3. The van der Waals surface area contributed by atoms with Crippen molar-refractivity contribution in [1.82, 2.24) is 4.98 Å². The lowest BCUT2D eigenvalue weighted by Crippen LogP contribution is -2.15. The molecule has 1 heterocycles. The molecule has 0 saturated carbocycles. The second kappa shape index (κ2) is 5.80. The van der Waals surface area contributed by atoms with E-state index in [9.17, 15) is 21.6 Å². The lowest BCUT2D eigenvalue weighted by atomic mass is 10.1. The van der Waals surface area contributed by atoms with Crippen LogP contribution in [0.1, 0.15) is 16.7 Å². The van der Waals surface area contributed by atoms with Crippen molar-refractivity contribution in [3.05, 3.63) is 59.3 Å². The Balaban J connectivity index is 2.05. The fraction of sp³-hybridized carbons (Fsp3) is 0.176. The van der Waals surface area contributed by atoms with Crippen molar-refractivity contribution < 1.29 is 21.6 Å². The molecule has 0 fully saturated rings. The van der Waals surface area contributed by atoms with Gasteiger partial charge in [-0.05, 0) is 49.2 Å². The summed E-state index contributed by atoms with van der Waals surface area (Å²) in [6.07, 6.45) is -2.86. The molecule has 0 atom stereocenters. The Bertz CT molecular complexity index is 1050. The molecule has 0 radical (unpaired) electrons. The number of alkyl halides is 3. The van der Waals surface area contributed by atoms with Crippen LogP contribution in [0.5, 0.6) is 0 Å². The summed E-state index contributed by atoms with van der Waals surface area (Å²) in [7, 11) is -4.16. The highest BCUT2D eigenvalue weighted by Crippen LogP contribution is 2.32. The number of H-pyrrole nitrogens is 1. The maximum Gasteiger partial charge on any atom is 0.416 e. The van der Waals surface area contributed by atoms with Gasteiger partial charge in [-0.3, -0.25) is 4.72 Å². The average molecular weight is 368 g/mol. The first-order chi connectivity index (χ1) is 11.6. The van der Waals surface area contributed by atoms with Crippen LogP contribution in [0.15, 0.2) is 47.5 Å². The molecule has 3 aromatic rings. The van der Waals surface area contributed by atoms with Crippen molar-refractivity contribution in [3.63, 3.8) is 0 Å². The van der Waals surface area contributed by atoms with Crippen molar-refractivity contribution in [2.75, 3.05) is 4.72 Å². The fourth-order valence-corrected chi connectivity index (χ4v) is 3.86. The van der Waals surface area contributed by atoms with E-state index in [1.54, 1.807) is 18.3 Å². The average Bonchev–Trinajstić information content (AvgIpc) is 2.92. The van der Waals surface area contributed by atoms with Gasteiger partial charge in [0.1, 0.15) is 0 Å². The van der Waals surface area contributed by atoms with E-state index >= 15 is 0 Å². The number of fused-ring (bicyclic) bond motifs is 1. The van der Waals surface area contributed by atoms with Gasteiger partial charge in [-0.15, -0.1) is 0 Å². The molecule has 0 unspecified atom stereocenters. The van der Waals surface area contributed by atoms with Crippen LogP contribution in [0.3, 0.4) is 0 Å². The molecule has 0 aliphatic heterocycles. The van der Waals surface area contributed by atoms with Crippen LogP contribution in [0.25, 0.3) is 10.9 Å². The standard InChI is InChI=1S/C17H15F3N2O2S/c1-10-6-7-14(16-15(10)11(2)9-21-16)22-25(23,24)13-5-3-4-12(8-13)17(18,19)20/h3-9,21-22H,1-2H3. The number of hydrogen-bond donors (Lipinski definition) is 2. The van der Waals surface area contributed by atoms with E-state index in [0.717, 1.165) is 34.7 Å². The highest BCUT2D eigenvalue weighted by Gasteiger charge is 2.31. The number of halogens is 3. The van der Waals surface area contributed by atoms with Gasteiger partial charge in [0.2, 0.25) is 0 Å². The molecule has 132 valence electrons. The Morgan fingerprint density at radius 3 is 2.44 bits per heavy atom. The summed E-state index contributed by atoms with van der Waals surface area (Å²) in [5.74, 6) is 0. The molecule has 0 amide bonds. The van der Waals surface area contributed by atoms with E-state index in [-0.39, 0.29) is 5.69 Å². The van der Waals surface area contributed by atoms with Crippen LogP contribution >= 0.6 is 0 Å². The summed E-state index contributed by atoms with van der Waals surface area (Å²) >= 11 is 0. The molecule has 2 aromatic carbocycles. The summed E-state index contributed by atoms with van der Waals surface area (Å²) in [6.45, 7) is 3.78. The number of nitrogens with one attached hydrogen (secondary N) is 2. The van der Waals surface area contributed by atoms with Gasteiger partial charge in [-0.2, -0.15) is 13.2 Å². The van der Waals surface area contributed by atoms with Gasteiger partial charge in [-0.1, -0.05) is 12.1 Å². The minimum atomic E-state index is -4.61. The molecule has 2 N–H and O–H groups in total. The Hall–Kier alpha value is -2.48. The lowest BCUT2D eigenvalue weighted by Gasteiger charge is -2.12. The Morgan fingerprint density at radius 1 is 1.04 bits per heavy atom. The summed E-state index contributed by atoms with van der Waals surface area (Å²) in [6, 6.07) is 6.99. The van der Waals surface area contributed by atoms with Gasteiger partial charge in [-0.25, -0.2) is 8.42 Å². The van der Waals surface area contributed by atoms with E-state index in [0.29, 0.717) is 11.6 Å². The molecule has 1 aromatic heterocycles. The normalized spacial score (nSPS) is 12.5. The molecule has 3 rings (SSSR count). The molecule has 0 aliphatic rings. The van der Waals surface area contributed by atoms with Crippen LogP contribution in [0, 0.1) is 13.8 Å². The zero-order valence-corrected chi connectivity index (χ0v) is 14.2. The van der Waals surface area contributed by atoms with Crippen LogP contribution in [0.2, 0.25) is 0 Å². The predicted octanol–water partition coefficient (Wildman–Crippen LogP) is 4.60. The number of sulfonamides is 1. The molecule has 25 heavy (non-hydrogen) atoms. The molecule has 0 saturated heterocycles. The van der Waals surface area contributed by atoms with E-state index in [2.05, 4.69) is 9.71 Å². The van der Waals surface area contributed by atoms with Gasteiger partial charge in [0.05, 0.1) is 21.7 Å². The van der Waals surface area contributed by atoms with Crippen molar-refractivity contribution in [2.24, 2.45) is 0 Å². The van der Waals surface area contributed by atoms with Crippen molar-refractivity contribution in [2.45, 2.75) is 24.9 Å². The SMILES string of the molecule is Cc1ccc(NS(=O)(=O)c2cccc(C(F)(F)F)c2)c2[nH]cc(C)c12. The van der Waals surface area contributed by atoms with Crippen molar-refractivity contribution in [3.8, 4) is 0 Å². The fourth-order valence-electron chi connectivity index (χ4n) is 2.75. The summed E-state index contributed by atoms with van der Waals surface area (Å²) in [4.78, 5) is 2.55. The van der Waals surface area contributed by atoms with Crippen LogP contribution in [-0.4, -0.2) is 13.4 Å². The first-order valence-corrected chi connectivity index (χ1v) is 8.85. The number of aromatic nitrogens is 1. The predicted molar refractivity (Wildman–Crippen MR) is 90.0 cm³/mol. The second-order valence-corrected chi connectivity index (χ2v) is 7.47. The Kier molecular flexibility index (Phi) is 4.03. The van der Waals surface area contributed by atoms with Gasteiger partial charge < -0.3 is 4.98 Å². The van der Waals surface area contributed by atoms with E-state index in [4.69, 9.17) is 0 Å². The second-order valence-electron chi connectivity index (χ2n) is 5.78. The minimum absolute atomic E-state index is 0.283. The first-order valence-electron chi connectivity index (χ1n) is 7.37. The smallest absolute Gasteiger partial charge is 0.359 e. The molecular weight excluding hydrogens is 353 g/mol. The van der Waals surface area contributed by atoms with Gasteiger partial charge in [0, 0.05) is 11.6 Å². The first kappa shape index (κ1) is 17.3. The molecule has 0 aliphatic carbocycles. The van der Waals surface area contributed by atoms with Crippen LogP contribution in [-0.2, 0) is 16.2 Å². The minimum Gasteiger partial charge on any atom is -0.359 e. The van der Waals surface area contributed by atoms with Gasteiger partial charge in [0.15, 0.2) is 0 Å². The lowest BCUT2D eigenvalue weighted by molar-refractivity contribution is -0.137. The van der Waals surface area contributed by atoms with Gasteiger partial charge >= 0.3 is 6.18 Å². The van der Waals surface area contributed by atoms with Gasteiger partial charge in [0.25, 0.3) is 10.0 Å². The maximum absolute atomic E-state index is 12.8. The third-order valence-electron chi connectivity index (χ3n) is 3.96. The monoisotopic (exact) mass is 368 g/mol. The van der Waals surface area contributed by atoms with Crippen LogP contribution < -0.4 is 4.72 Å². The molecule has 4 nitrogen and oxygen atoms in total. The summed E-state index contributed by atoms with van der Waals surface area (Å²) in [5.41, 5.74) is 1.78. The third-order valence-corrected chi connectivity index (χ3v) is 5.32. The summed E-state index contributed by atoms with van der Waals surface area (Å²) in [5, 5.41) is 0.879. The molecular formula is C17H15F3N2O2S. The Morgan fingerprint density at radius 2 is 1.76 bits per heavy atom. The van der Waals surface area contributed by atoms with Crippen molar-refractivity contribution in [1.29, 1.82) is 0 Å². The maximum atomic E-state index is 12.8. The largest absolute Gasteiger partial charge is 0.416 e. The topological polar surface area (TPSA) is 62.0 Å². The van der Waals surface area contributed by atoms with E-state index < -0.39 is 26.7 Å². The quantitative estimate of drug-likeness (QED) is 0.709. The molecule has 0 bridgehead atoms. The number of aryl methyl sites for hydroxylation is 2. The highest BCUT2D eigenvalue weighted by atomic mass is 32.2. The van der Waals surface area contributed by atoms with Crippen molar-refractivity contribution >= 4 is 26.6 Å². The zero-order valence-electron chi connectivity index (χ0n) is 13.4. The number of benzene rings is 2. The van der Waals surface area contributed by atoms with Crippen LogP contribution in [0.4, 0.5) is 18.9 Å². The molecule has 0 spiro atoms. The zero-order chi connectivity index (χ0) is 18.4. The number of anilines is 1. The molecule has 8 heteroatoms. The summed E-state index contributed by atoms with van der Waals surface area (Å²) < 4.78 is 65.9. The van der Waals surface area contributed by atoms with E-state index in [1.165, 1.54) is 0 Å². The Labute approximate surface area is 142 Å². The number of aromatic amines is 1. The third kappa shape index (κ3) is 3.21. The number of hydrogen-bond acceptors (Lipinski definition) is 2. The highest BCUT2D eigenvalue weighted by molar-refractivity contribution is 7.92.